The highest BCUT2D eigenvalue weighted by atomic mass is 16.6. The summed E-state index contributed by atoms with van der Waals surface area (Å²) in [7, 11) is 0. The zero-order chi connectivity index (χ0) is 27.5. The molecule has 6 nitrogen and oxygen atoms in total. The van der Waals surface area contributed by atoms with E-state index in [1.165, 1.54) is 4.68 Å². The monoisotopic (exact) mass is 521 g/mol. The molecular weight excluding hydrogens is 486 g/mol. The lowest BCUT2D eigenvalue weighted by Gasteiger charge is -2.48. The molecular formula is C33H35N3O3. The van der Waals surface area contributed by atoms with Gasteiger partial charge in [0.2, 0.25) is 0 Å². The van der Waals surface area contributed by atoms with Gasteiger partial charge in [-0.1, -0.05) is 91.0 Å². The Hall–Kier alpha value is -4.00. The van der Waals surface area contributed by atoms with Crippen LogP contribution in [0.4, 0.5) is 4.79 Å². The van der Waals surface area contributed by atoms with Gasteiger partial charge in [-0.05, 0) is 61.6 Å². The van der Waals surface area contributed by atoms with Crippen molar-refractivity contribution in [2.45, 2.75) is 44.4 Å². The van der Waals surface area contributed by atoms with Gasteiger partial charge in [0.25, 0.3) is 0 Å². The summed E-state index contributed by atoms with van der Waals surface area (Å²) in [5.41, 5.74) is 3.74. The Morgan fingerprint density at radius 2 is 1.38 bits per heavy atom. The Morgan fingerprint density at radius 1 is 0.872 bits per heavy atom. The van der Waals surface area contributed by atoms with Crippen molar-refractivity contribution in [3.05, 3.63) is 131 Å². The Bertz CT molecular complexity index is 1330. The molecule has 3 aromatic carbocycles. The predicted molar refractivity (Wildman–Crippen MR) is 153 cm³/mol. The van der Waals surface area contributed by atoms with E-state index in [-0.39, 0.29) is 0 Å². The lowest BCUT2D eigenvalue weighted by atomic mass is 9.74. The second-order valence-corrected chi connectivity index (χ2v) is 10.9. The van der Waals surface area contributed by atoms with Crippen molar-refractivity contribution >= 4 is 12.2 Å². The molecule has 1 fully saturated rings. The summed E-state index contributed by atoms with van der Waals surface area (Å²) >= 11 is 0. The second-order valence-electron chi connectivity index (χ2n) is 10.9. The first-order valence-corrected chi connectivity index (χ1v) is 13.4. The third-order valence-corrected chi connectivity index (χ3v) is 7.05. The molecule has 0 radical (unpaired) electrons. The summed E-state index contributed by atoms with van der Waals surface area (Å²) in [6.07, 6.45) is 2.92. The summed E-state index contributed by atoms with van der Waals surface area (Å²) < 4.78 is 6.64. The van der Waals surface area contributed by atoms with E-state index in [0.29, 0.717) is 25.2 Å². The number of carbonyl (C=O) groups is 1. The van der Waals surface area contributed by atoms with Crippen molar-refractivity contribution in [1.29, 1.82) is 0 Å². The maximum atomic E-state index is 12.5. The van der Waals surface area contributed by atoms with Gasteiger partial charge in [0.15, 0.2) is 0 Å². The fourth-order valence-electron chi connectivity index (χ4n) is 5.40. The molecule has 1 saturated heterocycles. The van der Waals surface area contributed by atoms with Crippen LogP contribution in [0.1, 0.15) is 49.6 Å². The van der Waals surface area contributed by atoms with Gasteiger partial charge in [0, 0.05) is 19.3 Å². The van der Waals surface area contributed by atoms with Crippen LogP contribution >= 0.6 is 0 Å². The van der Waals surface area contributed by atoms with Gasteiger partial charge in [0.05, 0.1) is 17.3 Å². The van der Waals surface area contributed by atoms with Crippen LogP contribution in [0.3, 0.4) is 0 Å². The highest BCUT2D eigenvalue weighted by Gasteiger charge is 2.44. The predicted octanol–water partition coefficient (Wildman–Crippen LogP) is 6.11. The van der Waals surface area contributed by atoms with E-state index in [1.807, 2.05) is 45.0 Å². The van der Waals surface area contributed by atoms with Crippen molar-refractivity contribution < 1.29 is 14.6 Å². The molecule has 4 aromatic rings. The molecule has 0 aliphatic carbocycles. The van der Waals surface area contributed by atoms with E-state index in [4.69, 9.17) is 4.74 Å². The molecule has 5 rings (SSSR count). The summed E-state index contributed by atoms with van der Waals surface area (Å²) in [5.74, 6) is 0. The number of rotatable bonds is 5. The number of likely N-dealkylation sites (tertiary alicyclic amines) is 1. The number of hydrogen-bond acceptors (Lipinski definition) is 5. The molecule has 6 heteroatoms. The van der Waals surface area contributed by atoms with Crippen LogP contribution in [0.25, 0.3) is 6.08 Å². The van der Waals surface area contributed by atoms with Gasteiger partial charge in [-0.15, -0.1) is 0 Å². The average Bonchev–Trinajstić information content (AvgIpc) is 3.41. The number of hydrogen-bond donors (Lipinski definition) is 1. The summed E-state index contributed by atoms with van der Waals surface area (Å²) in [6.45, 7) is 6.69. The van der Waals surface area contributed by atoms with Crippen LogP contribution in [0, 0.1) is 0 Å². The molecule has 0 saturated carbocycles. The van der Waals surface area contributed by atoms with Crippen LogP contribution in [0.5, 0.6) is 0 Å². The minimum Gasteiger partial charge on any atom is -0.442 e. The summed E-state index contributed by atoms with van der Waals surface area (Å²) in [4.78, 5) is 14.9. The molecule has 0 amide bonds. The van der Waals surface area contributed by atoms with Gasteiger partial charge in [-0.2, -0.15) is 9.78 Å². The number of aromatic nitrogens is 2. The Kier molecular flexibility index (Phi) is 7.51. The van der Waals surface area contributed by atoms with E-state index >= 15 is 0 Å². The van der Waals surface area contributed by atoms with E-state index in [9.17, 15) is 9.90 Å². The first kappa shape index (κ1) is 26.6. The maximum Gasteiger partial charge on any atom is 0.435 e. The third-order valence-electron chi connectivity index (χ3n) is 7.05. The van der Waals surface area contributed by atoms with Crippen molar-refractivity contribution in [1.82, 2.24) is 14.7 Å². The van der Waals surface area contributed by atoms with Gasteiger partial charge in [-0.3, -0.25) is 4.90 Å². The molecule has 1 atom stereocenters. The SMILES string of the molecule is CC(C)(C)OC(=O)n1ccc(C=C2CN(C(c3ccccc3)(c3ccccc3)c3ccccc3)CCC2O)n1. The normalized spacial score (nSPS) is 17.7. The minimum absolute atomic E-state index is 0.527. The number of piperidine rings is 1. The van der Waals surface area contributed by atoms with Crippen LogP contribution in [-0.4, -0.2) is 50.7 Å². The molecule has 1 aliphatic heterocycles. The number of aliphatic hydroxyl groups is 1. The molecule has 200 valence electrons. The van der Waals surface area contributed by atoms with Gasteiger partial charge in [-0.25, -0.2) is 4.79 Å². The van der Waals surface area contributed by atoms with Crippen LogP contribution in [-0.2, 0) is 10.3 Å². The molecule has 1 unspecified atom stereocenters. The lowest BCUT2D eigenvalue weighted by molar-refractivity contribution is 0.0514. The number of carbonyl (C=O) groups excluding carboxylic acids is 1. The topological polar surface area (TPSA) is 67.6 Å². The molecule has 0 spiro atoms. The molecule has 39 heavy (non-hydrogen) atoms. The molecule has 1 aromatic heterocycles. The summed E-state index contributed by atoms with van der Waals surface area (Å²) in [6, 6.07) is 33.4. The Balaban J connectivity index is 1.57. The first-order valence-electron chi connectivity index (χ1n) is 13.4. The standard InChI is InChI=1S/C33H35N3O3/c1-32(2,3)39-31(38)36-22-19-29(34-36)23-25-24-35(21-20-30(25)37)33(26-13-7-4-8-14-26,27-15-9-5-10-16-27)28-17-11-6-12-18-28/h4-19,22-23,30,37H,20-21,24H2,1-3H3. The van der Waals surface area contributed by atoms with Crippen molar-refractivity contribution in [2.75, 3.05) is 13.1 Å². The highest BCUT2D eigenvalue weighted by Crippen LogP contribution is 2.44. The summed E-state index contributed by atoms with van der Waals surface area (Å²) in [5, 5.41) is 15.5. The molecule has 1 aliphatic rings. The van der Waals surface area contributed by atoms with E-state index in [2.05, 4.69) is 82.8 Å². The fraction of sp³-hybridized carbons (Fsp3) is 0.273. The average molecular weight is 522 g/mol. The number of aliphatic hydroxyl groups excluding tert-OH is 1. The lowest BCUT2D eigenvalue weighted by Crippen LogP contribution is -2.52. The largest absolute Gasteiger partial charge is 0.442 e. The first-order chi connectivity index (χ1) is 18.8. The molecule has 1 N–H and O–H groups in total. The van der Waals surface area contributed by atoms with Crippen molar-refractivity contribution in [2.24, 2.45) is 0 Å². The van der Waals surface area contributed by atoms with Gasteiger partial charge >= 0.3 is 6.09 Å². The molecule has 0 bridgehead atoms. The zero-order valence-corrected chi connectivity index (χ0v) is 22.7. The van der Waals surface area contributed by atoms with E-state index in [0.717, 1.165) is 22.3 Å². The molecule has 2 heterocycles. The number of ether oxygens (including phenoxy) is 1. The maximum absolute atomic E-state index is 12.5. The minimum atomic E-state index is -0.614. The Labute approximate surface area is 230 Å². The van der Waals surface area contributed by atoms with Crippen molar-refractivity contribution in [3.63, 3.8) is 0 Å². The van der Waals surface area contributed by atoms with E-state index < -0.39 is 23.3 Å². The highest BCUT2D eigenvalue weighted by molar-refractivity contribution is 5.70. The second kappa shape index (κ2) is 11.0. The third kappa shape index (κ3) is 5.58. The van der Waals surface area contributed by atoms with Crippen LogP contribution in [0.2, 0.25) is 0 Å². The Morgan fingerprint density at radius 3 is 1.87 bits per heavy atom. The quantitative estimate of drug-likeness (QED) is 0.321. The van der Waals surface area contributed by atoms with Gasteiger partial charge < -0.3 is 9.84 Å². The van der Waals surface area contributed by atoms with Crippen LogP contribution in [0.15, 0.2) is 109 Å². The number of benzene rings is 3. The zero-order valence-electron chi connectivity index (χ0n) is 22.7. The van der Waals surface area contributed by atoms with Crippen molar-refractivity contribution in [3.8, 4) is 0 Å². The fourth-order valence-corrected chi connectivity index (χ4v) is 5.40. The van der Waals surface area contributed by atoms with Gasteiger partial charge in [0.1, 0.15) is 5.60 Å². The number of nitrogens with zero attached hydrogens (tertiary/aromatic N) is 3. The smallest absolute Gasteiger partial charge is 0.435 e. The van der Waals surface area contributed by atoms with E-state index in [1.54, 1.807) is 12.3 Å². The van der Waals surface area contributed by atoms with Crippen LogP contribution < -0.4 is 0 Å².